The van der Waals surface area contributed by atoms with Crippen molar-refractivity contribution in [1.29, 1.82) is 0 Å². The van der Waals surface area contributed by atoms with Crippen LogP contribution in [0.4, 0.5) is 9.52 Å². The molecule has 0 aliphatic heterocycles. The van der Waals surface area contributed by atoms with Crippen molar-refractivity contribution in [2.75, 3.05) is 5.32 Å². The summed E-state index contributed by atoms with van der Waals surface area (Å²) in [7, 11) is 0. The Balaban J connectivity index is 0.00000176. The van der Waals surface area contributed by atoms with Gasteiger partial charge in [0.15, 0.2) is 5.13 Å². The van der Waals surface area contributed by atoms with Gasteiger partial charge in [0.25, 0.3) is 5.91 Å². The van der Waals surface area contributed by atoms with Crippen molar-refractivity contribution >= 4 is 34.8 Å². The molecule has 1 amide bonds. The molecule has 0 saturated heterocycles. The maximum atomic E-state index is 13.5. The Morgan fingerprint density at radius 3 is 3.00 bits per heavy atom. The zero-order valence-corrected chi connectivity index (χ0v) is 13.7. The molecule has 0 unspecified atom stereocenters. The van der Waals surface area contributed by atoms with Crippen molar-refractivity contribution in [1.82, 2.24) is 4.98 Å². The Bertz CT molecular complexity index is 704. The van der Waals surface area contributed by atoms with Crippen LogP contribution in [0.15, 0.2) is 18.2 Å². The minimum atomic E-state index is -0.382. The number of carbonyl (C=O) groups is 1. The fourth-order valence-corrected chi connectivity index (χ4v) is 3.45. The van der Waals surface area contributed by atoms with Crippen LogP contribution in [0.3, 0.4) is 0 Å². The molecule has 1 heterocycles. The second-order valence-corrected chi connectivity index (χ2v) is 6.39. The van der Waals surface area contributed by atoms with E-state index in [1.54, 1.807) is 19.1 Å². The topological polar surface area (TPSA) is 68.0 Å². The van der Waals surface area contributed by atoms with Gasteiger partial charge in [-0.3, -0.25) is 10.1 Å². The number of nitrogens with two attached hydrogens (primary N) is 1. The van der Waals surface area contributed by atoms with E-state index in [4.69, 9.17) is 5.73 Å². The highest BCUT2D eigenvalue weighted by molar-refractivity contribution is 7.15. The molecule has 1 aromatic carbocycles. The minimum Gasteiger partial charge on any atom is -0.327 e. The normalized spacial score (nSPS) is 16.6. The maximum absolute atomic E-state index is 13.5. The molecule has 118 valence electrons. The smallest absolute Gasteiger partial charge is 0.257 e. The number of hydrogen-bond donors (Lipinski definition) is 2. The van der Waals surface area contributed by atoms with E-state index in [9.17, 15) is 9.18 Å². The molecule has 0 fully saturated rings. The van der Waals surface area contributed by atoms with E-state index in [0.717, 1.165) is 29.8 Å². The van der Waals surface area contributed by atoms with E-state index in [0.29, 0.717) is 16.3 Å². The number of fused-ring (bicyclic) bond motifs is 1. The summed E-state index contributed by atoms with van der Waals surface area (Å²) in [5, 5.41) is 3.29. The first-order valence-corrected chi connectivity index (χ1v) is 7.66. The maximum Gasteiger partial charge on any atom is 0.257 e. The second kappa shape index (κ2) is 6.73. The van der Waals surface area contributed by atoms with Gasteiger partial charge in [0.1, 0.15) is 5.82 Å². The predicted molar refractivity (Wildman–Crippen MR) is 88.5 cm³/mol. The molecule has 3 rings (SSSR count). The molecule has 2 aromatic rings. The number of nitrogens with zero attached hydrogens (tertiary/aromatic N) is 1. The van der Waals surface area contributed by atoms with E-state index in [1.807, 2.05) is 0 Å². The first-order chi connectivity index (χ1) is 10.0. The molecule has 7 heteroatoms. The summed E-state index contributed by atoms with van der Waals surface area (Å²) in [6.45, 7) is 1.66. The summed E-state index contributed by atoms with van der Waals surface area (Å²) in [6, 6.07) is 4.62. The number of nitrogens with one attached hydrogen (secondary N) is 1. The van der Waals surface area contributed by atoms with Crippen molar-refractivity contribution in [3.63, 3.8) is 0 Å². The summed E-state index contributed by atoms with van der Waals surface area (Å²) >= 11 is 1.45. The third-order valence-corrected chi connectivity index (χ3v) is 4.67. The van der Waals surface area contributed by atoms with Gasteiger partial charge >= 0.3 is 0 Å². The lowest BCUT2D eigenvalue weighted by molar-refractivity contribution is 0.102. The number of aromatic nitrogens is 1. The molecule has 0 bridgehead atoms. The third kappa shape index (κ3) is 3.45. The monoisotopic (exact) mass is 341 g/mol. The van der Waals surface area contributed by atoms with E-state index < -0.39 is 0 Å². The lowest BCUT2D eigenvalue weighted by atomic mass is 9.99. The first-order valence-electron chi connectivity index (χ1n) is 6.84. The summed E-state index contributed by atoms with van der Waals surface area (Å²) in [5.41, 5.74) is 7.77. The molecule has 1 aliphatic carbocycles. The number of thiazole rings is 1. The van der Waals surface area contributed by atoms with Gasteiger partial charge in [0, 0.05) is 16.5 Å². The van der Waals surface area contributed by atoms with Crippen molar-refractivity contribution in [2.24, 2.45) is 5.73 Å². The lowest BCUT2D eigenvalue weighted by Crippen LogP contribution is -2.27. The number of benzene rings is 1. The number of rotatable bonds is 2. The number of amides is 1. The first kappa shape index (κ1) is 16.9. The summed E-state index contributed by atoms with van der Waals surface area (Å²) in [4.78, 5) is 17.7. The van der Waals surface area contributed by atoms with Crippen molar-refractivity contribution in [2.45, 2.75) is 32.2 Å². The summed E-state index contributed by atoms with van der Waals surface area (Å²) in [6.07, 6.45) is 2.58. The van der Waals surface area contributed by atoms with Crippen LogP contribution in [-0.4, -0.2) is 16.9 Å². The van der Waals surface area contributed by atoms with Gasteiger partial charge < -0.3 is 5.73 Å². The number of anilines is 1. The molecule has 1 aliphatic rings. The molecule has 22 heavy (non-hydrogen) atoms. The highest BCUT2D eigenvalue weighted by Crippen LogP contribution is 2.29. The van der Waals surface area contributed by atoms with E-state index in [1.165, 1.54) is 17.4 Å². The van der Waals surface area contributed by atoms with Crippen LogP contribution in [0, 0.1) is 12.7 Å². The van der Waals surface area contributed by atoms with Crippen molar-refractivity contribution in [3.05, 3.63) is 45.7 Å². The zero-order chi connectivity index (χ0) is 15.0. The predicted octanol–water partition coefficient (Wildman–Crippen LogP) is 3.08. The zero-order valence-electron chi connectivity index (χ0n) is 12.1. The van der Waals surface area contributed by atoms with Gasteiger partial charge in [0.05, 0.1) is 5.69 Å². The molecule has 0 spiro atoms. The van der Waals surface area contributed by atoms with Gasteiger partial charge in [-0.25, -0.2) is 9.37 Å². The quantitative estimate of drug-likeness (QED) is 0.882. The second-order valence-electron chi connectivity index (χ2n) is 5.31. The van der Waals surface area contributed by atoms with Crippen LogP contribution < -0.4 is 11.1 Å². The number of carbonyl (C=O) groups excluding carboxylic acids is 1. The fourth-order valence-electron chi connectivity index (χ4n) is 2.36. The Morgan fingerprint density at radius 1 is 1.50 bits per heavy atom. The Hall–Kier alpha value is -1.50. The number of aryl methyl sites for hydroxylation is 2. The SMILES string of the molecule is Cc1ccc(C(=O)Nc2nc3c(s2)C[C@@H](N)CC3)cc1F.Cl. The van der Waals surface area contributed by atoms with Crippen LogP contribution in [0.1, 0.15) is 32.9 Å². The van der Waals surface area contributed by atoms with Crippen LogP contribution in [0.2, 0.25) is 0 Å². The summed E-state index contributed by atoms with van der Waals surface area (Å²) < 4.78 is 13.5. The average Bonchev–Trinajstić information content (AvgIpc) is 2.83. The van der Waals surface area contributed by atoms with Gasteiger partial charge in [-0.05, 0) is 43.9 Å². The van der Waals surface area contributed by atoms with Gasteiger partial charge in [0.2, 0.25) is 0 Å². The van der Waals surface area contributed by atoms with Crippen molar-refractivity contribution < 1.29 is 9.18 Å². The van der Waals surface area contributed by atoms with Crippen LogP contribution in [0.25, 0.3) is 0 Å². The van der Waals surface area contributed by atoms with Crippen molar-refractivity contribution in [3.8, 4) is 0 Å². The average molecular weight is 342 g/mol. The summed E-state index contributed by atoms with van der Waals surface area (Å²) in [5.74, 6) is -0.726. The molecule has 4 nitrogen and oxygen atoms in total. The van der Waals surface area contributed by atoms with Crippen LogP contribution in [-0.2, 0) is 12.8 Å². The van der Waals surface area contributed by atoms with Gasteiger partial charge in [-0.1, -0.05) is 6.07 Å². The molecule has 3 N–H and O–H groups in total. The molecule has 0 saturated carbocycles. The van der Waals surface area contributed by atoms with Gasteiger partial charge in [-0.2, -0.15) is 0 Å². The highest BCUT2D eigenvalue weighted by Gasteiger charge is 2.21. The standard InChI is InChI=1S/C15H16FN3OS.ClH/c1-8-2-3-9(6-11(8)16)14(20)19-15-18-12-5-4-10(17)7-13(12)21-15;/h2-3,6,10H,4-5,7,17H2,1H3,(H,18,19,20);1H/t10-;/m0./s1. The Labute approximate surface area is 138 Å². The number of hydrogen-bond acceptors (Lipinski definition) is 4. The highest BCUT2D eigenvalue weighted by atomic mass is 35.5. The lowest BCUT2D eigenvalue weighted by Gasteiger charge is -2.15. The van der Waals surface area contributed by atoms with E-state index >= 15 is 0 Å². The third-order valence-electron chi connectivity index (χ3n) is 3.63. The largest absolute Gasteiger partial charge is 0.327 e. The van der Waals surface area contributed by atoms with Crippen LogP contribution >= 0.6 is 23.7 Å². The molecular formula is C15H17ClFN3OS. The van der Waals surface area contributed by atoms with E-state index in [-0.39, 0.29) is 30.2 Å². The molecule has 1 aromatic heterocycles. The van der Waals surface area contributed by atoms with Crippen LogP contribution in [0.5, 0.6) is 0 Å². The van der Waals surface area contributed by atoms with E-state index in [2.05, 4.69) is 10.3 Å². The molecule has 1 atom stereocenters. The minimum absolute atomic E-state index is 0. The number of halogens is 2. The van der Waals surface area contributed by atoms with Gasteiger partial charge in [-0.15, -0.1) is 23.7 Å². The Kier molecular flexibility index (Phi) is 5.16. The molecular weight excluding hydrogens is 325 g/mol. The Morgan fingerprint density at radius 2 is 2.27 bits per heavy atom. The fraction of sp³-hybridized carbons (Fsp3) is 0.333. The molecule has 0 radical (unpaired) electrons.